The third kappa shape index (κ3) is 3.16. The molecular formula is C22H24N4O. The summed E-state index contributed by atoms with van der Waals surface area (Å²) in [7, 11) is 1.66. The maximum atomic E-state index is 5.52. The molecule has 2 heterocycles. The molecule has 0 fully saturated rings. The van der Waals surface area contributed by atoms with Gasteiger partial charge in [-0.1, -0.05) is 48.5 Å². The van der Waals surface area contributed by atoms with E-state index in [0.29, 0.717) is 5.88 Å². The van der Waals surface area contributed by atoms with E-state index in [1.54, 1.807) is 7.11 Å². The average molecular weight is 360 g/mol. The number of aryl methyl sites for hydroxylation is 1. The SMILES string of the molecule is COc1n[nH]c(C)c1C1=CC(C)N(c2ccccc2)N1Cc1ccccc1. The largest absolute Gasteiger partial charge is 0.479 e. The molecule has 1 aliphatic heterocycles. The van der Waals surface area contributed by atoms with Crippen molar-refractivity contribution < 1.29 is 4.74 Å². The van der Waals surface area contributed by atoms with E-state index in [0.717, 1.165) is 29.2 Å². The first-order valence-electron chi connectivity index (χ1n) is 9.16. The molecule has 0 bridgehead atoms. The van der Waals surface area contributed by atoms with Crippen LogP contribution in [0.2, 0.25) is 0 Å². The van der Waals surface area contributed by atoms with Crippen molar-refractivity contribution in [1.29, 1.82) is 0 Å². The molecule has 1 aliphatic rings. The molecule has 0 radical (unpaired) electrons. The van der Waals surface area contributed by atoms with Crippen LogP contribution in [0.3, 0.4) is 0 Å². The van der Waals surface area contributed by atoms with Crippen LogP contribution in [0.4, 0.5) is 5.69 Å². The second-order valence-electron chi connectivity index (χ2n) is 6.75. The lowest BCUT2D eigenvalue weighted by molar-refractivity contribution is 0.358. The van der Waals surface area contributed by atoms with Crippen LogP contribution in [0.15, 0.2) is 66.7 Å². The molecule has 0 aliphatic carbocycles. The van der Waals surface area contributed by atoms with Gasteiger partial charge in [-0.15, -0.1) is 5.10 Å². The Balaban J connectivity index is 1.79. The molecule has 0 saturated carbocycles. The third-order valence-electron chi connectivity index (χ3n) is 4.88. The summed E-state index contributed by atoms with van der Waals surface area (Å²) in [6.45, 7) is 5.00. The van der Waals surface area contributed by atoms with Crippen molar-refractivity contribution in [3.63, 3.8) is 0 Å². The lowest BCUT2D eigenvalue weighted by atomic mass is 10.1. The smallest absolute Gasteiger partial charge is 0.242 e. The molecule has 1 atom stereocenters. The molecule has 1 unspecified atom stereocenters. The number of nitrogens with one attached hydrogen (secondary N) is 1. The van der Waals surface area contributed by atoms with Crippen LogP contribution >= 0.6 is 0 Å². The topological polar surface area (TPSA) is 44.4 Å². The van der Waals surface area contributed by atoms with Crippen molar-refractivity contribution >= 4 is 11.4 Å². The van der Waals surface area contributed by atoms with Crippen LogP contribution in [0.5, 0.6) is 5.88 Å². The zero-order valence-electron chi connectivity index (χ0n) is 15.9. The number of para-hydroxylation sites is 1. The standard InChI is InChI=1S/C22H24N4O/c1-16-14-20(21-17(2)23-24-22(21)27-3)25(15-18-10-6-4-7-11-18)26(16)19-12-8-5-9-13-19/h4-14,16H,15H2,1-3H3,(H,23,24). The van der Waals surface area contributed by atoms with Crippen molar-refractivity contribution in [2.45, 2.75) is 26.4 Å². The Bertz CT molecular complexity index is 933. The van der Waals surface area contributed by atoms with E-state index in [4.69, 9.17) is 4.74 Å². The molecule has 5 heteroatoms. The number of ether oxygens (including phenoxy) is 1. The zero-order valence-corrected chi connectivity index (χ0v) is 15.9. The predicted octanol–water partition coefficient (Wildman–Crippen LogP) is 4.39. The third-order valence-corrected chi connectivity index (χ3v) is 4.88. The summed E-state index contributed by atoms with van der Waals surface area (Å²) in [6.07, 6.45) is 2.27. The predicted molar refractivity (Wildman–Crippen MR) is 108 cm³/mol. The van der Waals surface area contributed by atoms with Crippen LogP contribution in [-0.2, 0) is 6.54 Å². The van der Waals surface area contributed by atoms with Crippen LogP contribution in [0, 0.1) is 6.92 Å². The number of aromatic nitrogens is 2. The minimum Gasteiger partial charge on any atom is -0.479 e. The van der Waals surface area contributed by atoms with E-state index >= 15 is 0 Å². The normalized spacial score (nSPS) is 16.6. The fourth-order valence-corrected chi connectivity index (χ4v) is 3.66. The summed E-state index contributed by atoms with van der Waals surface area (Å²) in [5, 5.41) is 12.0. The monoisotopic (exact) mass is 360 g/mol. The highest BCUT2D eigenvalue weighted by Gasteiger charge is 2.33. The van der Waals surface area contributed by atoms with Gasteiger partial charge in [-0.2, -0.15) is 0 Å². The van der Waals surface area contributed by atoms with Crippen molar-refractivity contribution in [2.75, 3.05) is 12.1 Å². The quantitative estimate of drug-likeness (QED) is 0.733. The second kappa shape index (κ2) is 7.19. The van der Waals surface area contributed by atoms with Gasteiger partial charge in [0.2, 0.25) is 5.88 Å². The maximum Gasteiger partial charge on any atom is 0.242 e. The molecule has 4 rings (SSSR count). The lowest BCUT2D eigenvalue weighted by Gasteiger charge is -2.36. The van der Waals surface area contributed by atoms with Crippen LogP contribution < -0.4 is 9.75 Å². The first-order valence-corrected chi connectivity index (χ1v) is 9.16. The fourth-order valence-electron chi connectivity index (χ4n) is 3.66. The van der Waals surface area contributed by atoms with Crippen molar-refractivity contribution in [3.8, 4) is 5.88 Å². The highest BCUT2D eigenvalue weighted by atomic mass is 16.5. The highest BCUT2D eigenvalue weighted by molar-refractivity contribution is 5.75. The molecule has 138 valence electrons. The molecule has 1 N–H and O–H groups in total. The van der Waals surface area contributed by atoms with E-state index in [1.807, 2.05) is 19.1 Å². The number of rotatable bonds is 5. The average Bonchev–Trinajstić information content (AvgIpc) is 3.22. The summed E-state index contributed by atoms with van der Waals surface area (Å²) in [4.78, 5) is 0. The number of anilines is 1. The van der Waals surface area contributed by atoms with Gasteiger partial charge in [0.25, 0.3) is 0 Å². The molecule has 5 nitrogen and oxygen atoms in total. The van der Waals surface area contributed by atoms with Crippen molar-refractivity contribution in [1.82, 2.24) is 15.2 Å². The van der Waals surface area contributed by atoms with E-state index in [2.05, 4.69) is 81.7 Å². The zero-order chi connectivity index (χ0) is 18.8. The molecule has 2 aromatic carbocycles. The van der Waals surface area contributed by atoms with Gasteiger partial charge in [0.05, 0.1) is 36.6 Å². The Morgan fingerprint density at radius 2 is 1.70 bits per heavy atom. The highest BCUT2D eigenvalue weighted by Crippen LogP contribution is 2.39. The molecule has 3 aromatic rings. The van der Waals surface area contributed by atoms with E-state index in [9.17, 15) is 0 Å². The van der Waals surface area contributed by atoms with Crippen LogP contribution in [-0.4, -0.2) is 28.4 Å². The minimum atomic E-state index is 0.213. The Morgan fingerprint density at radius 3 is 2.37 bits per heavy atom. The van der Waals surface area contributed by atoms with Gasteiger partial charge in [-0.25, -0.2) is 0 Å². The van der Waals surface area contributed by atoms with Crippen LogP contribution in [0.25, 0.3) is 5.70 Å². The van der Waals surface area contributed by atoms with Gasteiger partial charge in [0, 0.05) is 5.69 Å². The number of H-pyrrole nitrogens is 1. The van der Waals surface area contributed by atoms with E-state index in [-0.39, 0.29) is 6.04 Å². The first-order chi connectivity index (χ1) is 13.2. The molecule has 0 saturated heterocycles. The van der Waals surface area contributed by atoms with Gasteiger partial charge in [-0.05, 0) is 37.6 Å². The Kier molecular flexibility index (Phi) is 4.59. The molecular weight excluding hydrogens is 336 g/mol. The van der Waals surface area contributed by atoms with Crippen molar-refractivity contribution in [2.24, 2.45) is 0 Å². The van der Waals surface area contributed by atoms with Gasteiger partial charge < -0.3 is 4.74 Å². The number of methoxy groups -OCH3 is 1. The first kappa shape index (κ1) is 17.2. The van der Waals surface area contributed by atoms with Gasteiger partial charge in [0.1, 0.15) is 0 Å². The maximum absolute atomic E-state index is 5.52. The molecule has 1 aromatic heterocycles. The Hall–Kier alpha value is -3.21. The molecule has 27 heavy (non-hydrogen) atoms. The number of benzene rings is 2. The summed E-state index contributed by atoms with van der Waals surface area (Å²) in [6, 6.07) is 21.2. The lowest BCUT2D eigenvalue weighted by Crippen LogP contribution is -2.40. The summed E-state index contributed by atoms with van der Waals surface area (Å²) >= 11 is 0. The van der Waals surface area contributed by atoms with E-state index in [1.165, 1.54) is 5.56 Å². The summed E-state index contributed by atoms with van der Waals surface area (Å²) in [5.41, 5.74) is 5.53. The van der Waals surface area contributed by atoms with Crippen LogP contribution in [0.1, 0.15) is 23.7 Å². The van der Waals surface area contributed by atoms with Crippen molar-refractivity contribution in [3.05, 3.63) is 83.6 Å². The summed E-state index contributed by atoms with van der Waals surface area (Å²) in [5.74, 6) is 0.624. The number of nitrogens with zero attached hydrogens (tertiary/aromatic N) is 3. The summed E-state index contributed by atoms with van der Waals surface area (Å²) < 4.78 is 5.52. The number of hydrogen-bond donors (Lipinski definition) is 1. The molecule has 0 spiro atoms. The van der Waals surface area contributed by atoms with E-state index < -0.39 is 0 Å². The second-order valence-corrected chi connectivity index (χ2v) is 6.75. The molecule has 0 amide bonds. The Morgan fingerprint density at radius 1 is 1.04 bits per heavy atom. The van der Waals surface area contributed by atoms with Gasteiger partial charge >= 0.3 is 0 Å². The Labute approximate surface area is 159 Å². The fraction of sp³-hybridized carbons (Fsp3) is 0.227. The number of aromatic amines is 1. The number of hydrazine groups is 1. The van der Waals surface area contributed by atoms with Gasteiger partial charge in [0.15, 0.2) is 0 Å². The minimum absolute atomic E-state index is 0.213. The van der Waals surface area contributed by atoms with Gasteiger partial charge in [-0.3, -0.25) is 15.1 Å². The number of hydrogen-bond acceptors (Lipinski definition) is 4.